The van der Waals surface area contributed by atoms with Gasteiger partial charge in [-0.15, -0.1) is 10.2 Å². The number of hydrogen-bond acceptors (Lipinski definition) is 26. The molecular formula is C88H93N27O8. The van der Waals surface area contributed by atoms with E-state index in [1.54, 1.807) is 74.5 Å². The second-order valence-corrected chi connectivity index (χ2v) is 30.4. The molecule has 0 bridgehead atoms. The summed E-state index contributed by atoms with van der Waals surface area (Å²) in [6.45, 7) is 16.7. The Kier molecular flexibility index (Phi) is 28.3. The number of aromatic nitrogens is 17. The molecule has 123 heavy (non-hydrogen) atoms. The van der Waals surface area contributed by atoms with Gasteiger partial charge in [-0.25, -0.2) is 42.9 Å². The van der Waals surface area contributed by atoms with Crippen molar-refractivity contribution in [3.8, 4) is 28.9 Å². The van der Waals surface area contributed by atoms with Gasteiger partial charge in [-0.3, -0.25) is 48.9 Å². The van der Waals surface area contributed by atoms with Crippen LogP contribution in [-0.4, -0.2) is 284 Å². The number of pyridine rings is 1. The van der Waals surface area contributed by atoms with E-state index in [0.717, 1.165) is 224 Å². The van der Waals surface area contributed by atoms with Gasteiger partial charge in [0, 0.05) is 149 Å². The topological polar surface area (TPSA) is 375 Å². The minimum atomic E-state index is -0.384. The van der Waals surface area contributed by atoms with Gasteiger partial charge in [0.15, 0.2) is 5.82 Å². The maximum absolute atomic E-state index is 12.7. The second-order valence-electron chi connectivity index (χ2n) is 30.4. The van der Waals surface area contributed by atoms with E-state index < -0.39 is 0 Å². The van der Waals surface area contributed by atoms with E-state index in [0.29, 0.717) is 37.1 Å². The Labute approximate surface area is 708 Å². The van der Waals surface area contributed by atoms with E-state index in [9.17, 15) is 29.3 Å². The largest absolute Gasteiger partial charge is 0.340 e. The molecule has 0 radical (unpaired) electrons. The van der Waals surface area contributed by atoms with Crippen molar-refractivity contribution in [2.75, 3.05) is 131 Å². The summed E-state index contributed by atoms with van der Waals surface area (Å²) in [5, 5.41) is 58.9. The number of benzene rings is 7. The Bertz CT molecular complexity index is 5550. The van der Waals surface area contributed by atoms with E-state index in [2.05, 4.69) is 110 Å². The first-order valence-corrected chi connectivity index (χ1v) is 41.1. The maximum Gasteiger partial charge on any atom is 0.269 e. The van der Waals surface area contributed by atoms with Crippen molar-refractivity contribution >= 4 is 51.4 Å². The molecule has 4 aliphatic rings. The van der Waals surface area contributed by atoms with Crippen LogP contribution in [0.5, 0.6) is 0 Å². The zero-order valence-corrected chi connectivity index (χ0v) is 68.0. The molecule has 35 nitrogen and oxygen atoms in total. The summed E-state index contributed by atoms with van der Waals surface area (Å²) in [4.78, 5) is 90.7. The van der Waals surface area contributed by atoms with Crippen molar-refractivity contribution in [1.82, 2.24) is 124 Å². The molecule has 628 valence electrons. The van der Waals surface area contributed by atoms with Crippen molar-refractivity contribution in [1.29, 1.82) is 5.26 Å². The first kappa shape index (κ1) is 83.7. The SMILES string of the molecule is N#Cc1cccc(CCN2CCN(C(=O)Cc3ccc(-n4ccnn4)cc3)CC2)c1.O=C(Cc1ccc(-n2ccnn2)nc1)N1CCN(CCc2ccc3nonc3c2)CC1.O=C(Cc1ccc(-n2cncn2)cc1)N1CCN(CCc2ccc([N+](=O)[O-])cc2)CC1.O=C(Cc1ccc(-n2cncn2)cc1)N1CCN(CCc2ccc3nonc3c2)CC1. The molecule has 11 heterocycles. The fourth-order valence-corrected chi connectivity index (χ4v) is 15.0. The number of fused-ring (bicyclic) bond motifs is 2. The van der Waals surface area contributed by atoms with Crippen molar-refractivity contribution in [3.63, 3.8) is 0 Å². The van der Waals surface area contributed by atoms with Crippen LogP contribution < -0.4 is 0 Å². The third-order valence-corrected chi connectivity index (χ3v) is 22.4. The quantitative estimate of drug-likeness (QED) is 0.0409. The van der Waals surface area contributed by atoms with E-state index in [1.807, 2.05) is 159 Å². The summed E-state index contributed by atoms with van der Waals surface area (Å²) in [6.07, 6.45) is 20.0. The van der Waals surface area contributed by atoms with Crippen molar-refractivity contribution < 1.29 is 33.4 Å². The minimum absolute atomic E-state index is 0.115. The second kappa shape index (κ2) is 41.6. The van der Waals surface area contributed by atoms with E-state index in [1.165, 1.54) is 29.3 Å². The number of non-ortho nitro benzene ring substituents is 1. The molecule has 0 unspecified atom stereocenters. The summed E-state index contributed by atoms with van der Waals surface area (Å²) >= 11 is 0. The van der Waals surface area contributed by atoms with Crippen LogP contribution in [0.25, 0.3) is 44.9 Å². The fraction of sp³-hybridized carbons (Fsp3) is 0.318. The number of nitro benzene ring substituents is 1. The predicted molar refractivity (Wildman–Crippen MR) is 453 cm³/mol. The van der Waals surface area contributed by atoms with Gasteiger partial charge in [-0.05, 0) is 170 Å². The molecule has 7 aromatic heterocycles. The molecule has 7 aromatic carbocycles. The van der Waals surface area contributed by atoms with Gasteiger partial charge in [0.25, 0.3) is 5.69 Å². The average Bonchev–Trinajstić information content (AvgIpc) is 1.48. The van der Waals surface area contributed by atoms with Crippen LogP contribution in [-0.2, 0) is 70.5 Å². The number of hydrogen-bond donors (Lipinski definition) is 0. The number of carbonyl (C=O) groups is 4. The van der Waals surface area contributed by atoms with Gasteiger partial charge in [0.05, 0.1) is 84.1 Å². The Morgan fingerprint density at radius 1 is 0.390 bits per heavy atom. The smallest absolute Gasteiger partial charge is 0.269 e. The average molecular weight is 1660 g/mol. The molecule has 0 saturated carbocycles. The molecular weight excluding hydrogens is 1560 g/mol. The molecule has 4 fully saturated rings. The standard InChI is InChI=1S/C23H24N6O.C22H23N7O2.C22H24N6O3.C21H22N8O2/c24-18-21-3-1-2-19(16-21)8-10-27-12-14-28(15-13-27)23(30)17-20-4-6-22(7-5-20)29-11-9-25-26-29;30-22(14-17-1-4-19(5-2-17)29-16-23-15-24-29)28-11-9-27(10-12-28)8-7-18-3-6-20-21(13-18)26-31-25-20;29-22(15-19-3-5-20(6-4-19)27-17-23-16-24-27)26-13-11-25(12-14-26)10-9-18-1-7-21(8-2-18)28(30)31;30-21(14-17-2-4-20(22-15-17)29-8-6-23-26-29)28-11-9-27(10-12-28)7-5-16-1-3-18-19(13-16)25-31-24-18/h1-7,9,11,16H,8,10,12-15,17H2;1-6,13,15-16H,7-12,14H2;1-8,16-17H,9-15H2;1-4,6,8,13,15H,5,7,9-12,14H2. The molecule has 18 rings (SSSR count). The summed E-state index contributed by atoms with van der Waals surface area (Å²) in [5.41, 5.74) is 15.3. The normalized spacial score (nSPS) is 14.7. The highest BCUT2D eigenvalue weighted by Gasteiger charge is 2.27. The third-order valence-electron chi connectivity index (χ3n) is 22.4. The van der Waals surface area contributed by atoms with Crippen LogP contribution in [0.1, 0.15) is 50.1 Å². The van der Waals surface area contributed by atoms with Gasteiger partial charge in [0.2, 0.25) is 23.6 Å². The first-order valence-electron chi connectivity index (χ1n) is 41.1. The molecule has 4 saturated heterocycles. The molecule has 0 atom stereocenters. The number of amides is 4. The van der Waals surface area contributed by atoms with Gasteiger partial charge in [-0.2, -0.15) is 15.5 Å². The molecule has 0 spiro atoms. The van der Waals surface area contributed by atoms with E-state index >= 15 is 0 Å². The third kappa shape index (κ3) is 23.6. The lowest BCUT2D eigenvalue weighted by molar-refractivity contribution is -0.384. The maximum atomic E-state index is 12.7. The lowest BCUT2D eigenvalue weighted by Gasteiger charge is -2.34. The Morgan fingerprint density at radius 3 is 1.13 bits per heavy atom. The molecule has 0 aliphatic carbocycles. The van der Waals surface area contributed by atoms with E-state index in [-0.39, 0.29) is 34.2 Å². The van der Waals surface area contributed by atoms with Crippen LogP contribution in [0, 0.1) is 21.4 Å². The van der Waals surface area contributed by atoms with Gasteiger partial charge in [0.1, 0.15) is 47.4 Å². The number of nitriles is 1. The monoisotopic (exact) mass is 1660 g/mol. The van der Waals surface area contributed by atoms with Gasteiger partial charge < -0.3 is 19.6 Å². The Hall–Kier alpha value is -14.3. The van der Waals surface area contributed by atoms with E-state index in [4.69, 9.17) is 14.5 Å². The van der Waals surface area contributed by atoms with Crippen molar-refractivity contribution in [2.24, 2.45) is 0 Å². The highest BCUT2D eigenvalue weighted by Crippen LogP contribution is 2.21. The highest BCUT2D eigenvalue weighted by molar-refractivity contribution is 5.81. The Balaban J connectivity index is 0.000000127. The summed E-state index contributed by atoms with van der Waals surface area (Å²) in [6, 6.07) is 56.0. The molecule has 35 heteroatoms. The van der Waals surface area contributed by atoms with Crippen LogP contribution >= 0.6 is 0 Å². The van der Waals surface area contributed by atoms with Crippen LogP contribution in [0.3, 0.4) is 0 Å². The number of nitro groups is 1. The fourth-order valence-electron chi connectivity index (χ4n) is 15.0. The summed E-state index contributed by atoms with van der Waals surface area (Å²) in [7, 11) is 0. The van der Waals surface area contributed by atoms with Crippen LogP contribution in [0.2, 0.25) is 0 Å². The Morgan fingerprint density at radius 2 is 0.756 bits per heavy atom. The van der Waals surface area contributed by atoms with Gasteiger partial charge >= 0.3 is 0 Å². The lowest BCUT2D eigenvalue weighted by Crippen LogP contribution is -2.49. The number of carbonyl (C=O) groups excluding carboxylic acids is 4. The zero-order chi connectivity index (χ0) is 84.5. The number of piperazine rings is 4. The van der Waals surface area contributed by atoms with Gasteiger partial charge in [-0.1, -0.05) is 89.3 Å². The van der Waals surface area contributed by atoms with Crippen molar-refractivity contribution in [2.45, 2.75) is 51.4 Å². The lowest BCUT2D eigenvalue weighted by atomic mass is 10.1. The first-order chi connectivity index (χ1) is 60.3. The van der Waals surface area contributed by atoms with Crippen LogP contribution in [0.15, 0.2) is 235 Å². The zero-order valence-electron chi connectivity index (χ0n) is 68.0. The molecule has 4 aliphatic heterocycles. The summed E-state index contributed by atoms with van der Waals surface area (Å²) < 4.78 is 16.2. The molecule has 0 N–H and O–H groups in total. The number of rotatable bonds is 25. The van der Waals surface area contributed by atoms with Crippen molar-refractivity contribution in [3.05, 3.63) is 286 Å². The predicted octanol–water partition coefficient (Wildman–Crippen LogP) is 7.03. The van der Waals surface area contributed by atoms with Crippen LogP contribution in [0.4, 0.5) is 5.69 Å². The minimum Gasteiger partial charge on any atom is -0.340 e. The summed E-state index contributed by atoms with van der Waals surface area (Å²) in [5.74, 6) is 1.31. The molecule has 14 aromatic rings. The highest BCUT2D eigenvalue weighted by atomic mass is 16.6. The molecule has 4 amide bonds. The number of nitrogens with zero attached hydrogens (tertiary/aromatic N) is 27.